The van der Waals surface area contributed by atoms with Crippen LogP contribution in [0.25, 0.3) is 11.1 Å². The Morgan fingerprint density at radius 3 is 2.19 bits per heavy atom. The highest BCUT2D eigenvalue weighted by Crippen LogP contribution is 2.44. The predicted octanol–water partition coefficient (Wildman–Crippen LogP) is 4.92. The molecule has 0 saturated carbocycles. The van der Waals surface area contributed by atoms with Gasteiger partial charge in [-0.3, -0.25) is 0 Å². The maximum atomic E-state index is 14.6. The molecule has 0 aromatic heterocycles. The average Bonchev–Trinajstić information content (AvgIpc) is 3.11. The largest absolute Gasteiger partial charge is 0.658 e. The van der Waals surface area contributed by atoms with Crippen LogP contribution >= 0.6 is 0 Å². The van der Waals surface area contributed by atoms with Crippen molar-refractivity contribution in [3.8, 4) is 22.6 Å². The third-order valence-corrected chi connectivity index (χ3v) is 3.86. The van der Waals surface area contributed by atoms with Crippen molar-refractivity contribution in [2.75, 3.05) is 13.3 Å². The molecule has 1 aliphatic rings. The average molecular weight is 377 g/mol. The molecule has 0 amide bonds. The molecular weight excluding hydrogens is 368 g/mol. The first kappa shape index (κ1) is 18.4. The first-order valence-electron chi connectivity index (χ1n) is 7.21. The first-order chi connectivity index (χ1) is 12.2. The van der Waals surface area contributed by atoms with Crippen LogP contribution in [0.4, 0.5) is 30.7 Å². The van der Waals surface area contributed by atoms with Gasteiger partial charge in [0, 0.05) is 16.7 Å². The normalized spacial score (nSPS) is 13.7. The Morgan fingerprint density at radius 2 is 1.54 bits per heavy atom. The number of alkyl halides is 6. The highest BCUT2D eigenvalue weighted by molar-refractivity contribution is 6.23. The molecule has 0 N–H and O–H groups in total. The Morgan fingerprint density at radius 1 is 0.846 bits per heavy atom. The van der Waals surface area contributed by atoms with E-state index in [4.69, 9.17) is 9.31 Å². The number of hydrogen-bond acceptors (Lipinski definition) is 2. The summed E-state index contributed by atoms with van der Waals surface area (Å²) in [5.41, 5.74) is -3.20. The summed E-state index contributed by atoms with van der Waals surface area (Å²) in [5, 5.41) is 0. The Bertz CT molecular complexity index is 842. The number of fused-ring (bicyclic) bond motifs is 1. The molecule has 0 unspecified atom stereocenters. The van der Waals surface area contributed by atoms with Gasteiger partial charge in [-0.05, 0) is 23.8 Å². The van der Waals surface area contributed by atoms with Gasteiger partial charge in [-0.2, -0.15) is 17.6 Å². The van der Waals surface area contributed by atoms with E-state index in [-0.39, 0.29) is 5.75 Å². The molecule has 0 aliphatic carbocycles. The van der Waals surface area contributed by atoms with Crippen LogP contribution in [0, 0.1) is 5.82 Å². The predicted molar refractivity (Wildman–Crippen MR) is 78.6 cm³/mol. The molecule has 0 saturated heterocycles. The second-order valence-electron chi connectivity index (χ2n) is 5.52. The van der Waals surface area contributed by atoms with Gasteiger partial charge in [0.05, 0.1) is 0 Å². The van der Waals surface area contributed by atoms with Crippen LogP contribution in [0.2, 0.25) is 0 Å². The number of hydrogen-bond donors (Lipinski definition) is 0. The lowest BCUT2D eigenvalue weighted by atomic mass is 9.92. The zero-order valence-electron chi connectivity index (χ0n) is 12.8. The molecule has 0 atom stereocenters. The lowest BCUT2D eigenvalue weighted by Gasteiger charge is -2.21. The van der Waals surface area contributed by atoms with Crippen LogP contribution in [0.15, 0.2) is 30.3 Å². The van der Waals surface area contributed by atoms with E-state index in [1.54, 1.807) is 0 Å². The van der Waals surface area contributed by atoms with Gasteiger partial charge in [-0.25, -0.2) is 13.2 Å². The van der Waals surface area contributed by atoms with Gasteiger partial charge < -0.3 is 9.31 Å². The van der Waals surface area contributed by atoms with Crippen LogP contribution in [0.5, 0.6) is 11.5 Å². The molecule has 3 rings (SSSR count). The van der Waals surface area contributed by atoms with Gasteiger partial charge in [-0.1, -0.05) is 12.1 Å². The van der Waals surface area contributed by atoms with Crippen molar-refractivity contribution in [1.82, 2.24) is 0 Å². The molecule has 0 spiro atoms. The summed E-state index contributed by atoms with van der Waals surface area (Å²) in [6.07, 6.45) is 0. The highest BCUT2D eigenvalue weighted by atomic mass is 19.3. The molecule has 1 heterocycles. The van der Waals surface area contributed by atoms with Crippen molar-refractivity contribution in [3.05, 3.63) is 47.3 Å². The Labute approximate surface area is 143 Å². The molecule has 2 nitrogen and oxygen atoms in total. The Hall–Kier alpha value is -2.39. The molecule has 0 bridgehead atoms. The van der Waals surface area contributed by atoms with Crippen LogP contribution in [0.1, 0.15) is 11.1 Å². The lowest BCUT2D eigenvalue weighted by molar-refractivity contribution is -0.0312. The number of halogens is 7. The van der Waals surface area contributed by atoms with Crippen molar-refractivity contribution in [2.24, 2.45) is 0 Å². The zero-order valence-corrected chi connectivity index (χ0v) is 12.8. The standard InChI is InChI=1S/C16H9BF7O2/c18-6-15(21,22)8-1-3-11(16(23,24)7-19)10(5-8)9-2-4-12-14(13(9)20)26-17-25-12/h1-5H,6-7H2. The Kier molecular flexibility index (Phi) is 4.53. The van der Waals surface area contributed by atoms with Crippen molar-refractivity contribution in [1.29, 1.82) is 0 Å². The molecule has 10 heteroatoms. The van der Waals surface area contributed by atoms with E-state index in [9.17, 15) is 30.7 Å². The van der Waals surface area contributed by atoms with Crippen LogP contribution in [-0.4, -0.2) is 21.0 Å². The van der Waals surface area contributed by atoms with E-state index < -0.39 is 59.0 Å². The second-order valence-corrected chi connectivity index (χ2v) is 5.52. The molecular formula is C16H9BF7O2. The molecule has 137 valence electrons. The minimum atomic E-state index is -4.06. The van der Waals surface area contributed by atoms with Gasteiger partial charge >= 0.3 is 19.5 Å². The summed E-state index contributed by atoms with van der Waals surface area (Å²) in [6, 6.07) is 3.78. The van der Waals surface area contributed by atoms with E-state index in [1.807, 2.05) is 0 Å². The van der Waals surface area contributed by atoms with E-state index in [2.05, 4.69) is 0 Å². The third kappa shape index (κ3) is 2.97. The zero-order chi connectivity index (χ0) is 19.1. The van der Waals surface area contributed by atoms with Crippen molar-refractivity contribution in [3.63, 3.8) is 0 Å². The SMILES string of the molecule is FCC(F)(F)c1ccc(C(F)(F)CF)c(-c2ccc3c(c2F)O[B]O3)c1. The van der Waals surface area contributed by atoms with Gasteiger partial charge in [0.15, 0.2) is 24.9 Å². The summed E-state index contributed by atoms with van der Waals surface area (Å²) < 4.78 is 105. The highest BCUT2D eigenvalue weighted by Gasteiger charge is 2.38. The monoisotopic (exact) mass is 377 g/mol. The fourth-order valence-electron chi connectivity index (χ4n) is 2.54. The summed E-state index contributed by atoms with van der Waals surface area (Å²) >= 11 is 0. The molecule has 1 aliphatic heterocycles. The fraction of sp³-hybridized carbons (Fsp3) is 0.250. The number of rotatable bonds is 5. The van der Waals surface area contributed by atoms with E-state index in [1.165, 1.54) is 6.07 Å². The minimum absolute atomic E-state index is 0.0460. The summed E-state index contributed by atoms with van der Waals surface area (Å²) in [6.45, 7) is -4.21. The van der Waals surface area contributed by atoms with Gasteiger partial charge in [0.1, 0.15) is 5.75 Å². The lowest BCUT2D eigenvalue weighted by Crippen LogP contribution is -2.20. The topological polar surface area (TPSA) is 18.5 Å². The van der Waals surface area contributed by atoms with Crippen LogP contribution in [0.3, 0.4) is 0 Å². The first-order valence-corrected chi connectivity index (χ1v) is 7.21. The fourth-order valence-corrected chi connectivity index (χ4v) is 2.54. The van der Waals surface area contributed by atoms with Crippen molar-refractivity contribution in [2.45, 2.75) is 11.8 Å². The van der Waals surface area contributed by atoms with Gasteiger partial charge in [-0.15, -0.1) is 0 Å². The summed E-state index contributed by atoms with van der Waals surface area (Å²) in [4.78, 5) is 0. The van der Waals surface area contributed by atoms with E-state index in [0.717, 1.165) is 13.8 Å². The van der Waals surface area contributed by atoms with Crippen LogP contribution in [-0.2, 0) is 11.8 Å². The molecule has 2 aromatic rings. The molecule has 26 heavy (non-hydrogen) atoms. The maximum absolute atomic E-state index is 14.6. The summed E-state index contributed by atoms with van der Waals surface area (Å²) in [7, 11) is 0.794. The molecule has 0 fully saturated rings. The van der Waals surface area contributed by atoms with Crippen LogP contribution < -0.4 is 9.31 Å². The van der Waals surface area contributed by atoms with Gasteiger partial charge in [0.2, 0.25) is 0 Å². The maximum Gasteiger partial charge on any atom is 0.658 e. The second kappa shape index (κ2) is 6.41. The minimum Gasteiger partial charge on any atom is -0.524 e. The molecule has 2 aromatic carbocycles. The quantitative estimate of drug-likeness (QED) is 0.544. The van der Waals surface area contributed by atoms with E-state index in [0.29, 0.717) is 18.2 Å². The third-order valence-electron chi connectivity index (χ3n) is 3.86. The number of benzene rings is 2. The Balaban J connectivity index is 2.25. The van der Waals surface area contributed by atoms with Crippen molar-refractivity contribution < 1.29 is 40.0 Å². The van der Waals surface area contributed by atoms with Crippen molar-refractivity contribution >= 4 is 7.69 Å². The van der Waals surface area contributed by atoms with Gasteiger partial charge in [0.25, 0.3) is 0 Å². The van der Waals surface area contributed by atoms with E-state index >= 15 is 0 Å². The smallest absolute Gasteiger partial charge is 0.524 e. The molecule has 1 radical (unpaired) electrons. The summed E-state index contributed by atoms with van der Waals surface area (Å²) in [5.74, 6) is -9.67.